The van der Waals surface area contributed by atoms with Crippen molar-refractivity contribution in [2.24, 2.45) is 0 Å². The SMILES string of the molecule is CC(C(=O)NC(C)(C)C)N(Cc1ccccc1F)C(=O)COc1ccc(F)cc1. The van der Waals surface area contributed by atoms with Crippen molar-refractivity contribution in [3.8, 4) is 5.75 Å². The molecule has 0 fully saturated rings. The average molecular weight is 404 g/mol. The quantitative estimate of drug-likeness (QED) is 0.766. The molecule has 0 radical (unpaired) electrons. The molecule has 0 aromatic heterocycles. The number of nitrogens with zero attached hydrogens (tertiary/aromatic N) is 1. The summed E-state index contributed by atoms with van der Waals surface area (Å²) in [5, 5.41) is 2.83. The third kappa shape index (κ3) is 6.85. The second-order valence-corrected chi connectivity index (χ2v) is 7.77. The fourth-order valence-corrected chi connectivity index (χ4v) is 2.63. The first kappa shape index (κ1) is 22.3. The van der Waals surface area contributed by atoms with Crippen LogP contribution in [-0.4, -0.2) is 34.9 Å². The predicted octanol–water partition coefficient (Wildman–Crippen LogP) is 3.68. The molecule has 2 aromatic carbocycles. The Labute approximate surface area is 169 Å². The maximum atomic E-state index is 14.1. The van der Waals surface area contributed by atoms with E-state index in [-0.39, 0.29) is 24.6 Å². The highest BCUT2D eigenvalue weighted by Gasteiger charge is 2.29. The second kappa shape index (κ2) is 9.49. The van der Waals surface area contributed by atoms with Crippen molar-refractivity contribution in [2.75, 3.05) is 6.61 Å². The molecule has 0 saturated carbocycles. The Balaban J connectivity index is 2.18. The third-order valence-corrected chi connectivity index (χ3v) is 4.14. The van der Waals surface area contributed by atoms with E-state index in [0.29, 0.717) is 5.75 Å². The number of hydrogen-bond acceptors (Lipinski definition) is 3. The molecule has 0 spiro atoms. The van der Waals surface area contributed by atoms with Crippen LogP contribution in [0.2, 0.25) is 0 Å². The lowest BCUT2D eigenvalue weighted by molar-refractivity contribution is -0.142. The van der Waals surface area contributed by atoms with E-state index in [1.165, 1.54) is 35.2 Å². The zero-order chi connectivity index (χ0) is 21.6. The van der Waals surface area contributed by atoms with Crippen LogP contribution in [0, 0.1) is 11.6 Å². The highest BCUT2D eigenvalue weighted by Crippen LogP contribution is 2.16. The molecule has 156 valence electrons. The van der Waals surface area contributed by atoms with Crippen LogP contribution in [0.4, 0.5) is 8.78 Å². The van der Waals surface area contributed by atoms with Gasteiger partial charge in [0, 0.05) is 17.6 Å². The number of hydrogen-bond donors (Lipinski definition) is 1. The lowest BCUT2D eigenvalue weighted by atomic mass is 10.1. The minimum absolute atomic E-state index is 0.0863. The van der Waals surface area contributed by atoms with Gasteiger partial charge in [0.15, 0.2) is 6.61 Å². The van der Waals surface area contributed by atoms with Crippen LogP contribution in [0.1, 0.15) is 33.3 Å². The summed E-state index contributed by atoms with van der Waals surface area (Å²) in [6.45, 7) is 6.62. The molecule has 2 rings (SSSR count). The summed E-state index contributed by atoms with van der Waals surface area (Å²) >= 11 is 0. The van der Waals surface area contributed by atoms with Crippen LogP contribution in [0.25, 0.3) is 0 Å². The van der Waals surface area contributed by atoms with E-state index in [2.05, 4.69) is 5.32 Å². The summed E-state index contributed by atoms with van der Waals surface area (Å²) in [5.74, 6) is -1.42. The monoisotopic (exact) mass is 404 g/mol. The normalized spacial score (nSPS) is 12.2. The number of carbonyl (C=O) groups excluding carboxylic acids is 2. The van der Waals surface area contributed by atoms with Gasteiger partial charge in [0.1, 0.15) is 23.4 Å². The van der Waals surface area contributed by atoms with Crippen molar-refractivity contribution in [1.29, 1.82) is 0 Å². The molecule has 1 atom stereocenters. The molecule has 0 saturated heterocycles. The number of carbonyl (C=O) groups is 2. The van der Waals surface area contributed by atoms with Gasteiger partial charge in [-0.2, -0.15) is 0 Å². The maximum absolute atomic E-state index is 14.1. The largest absolute Gasteiger partial charge is 0.484 e. The third-order valence-electron chi connectivity index (χ3n) is 4.14. The Morgan fingerprint density at radius 3 is 2.28 bits per heavy atom. The zero-order valence-electron chi connectivity index (χ0n) is 17.0. The Morgan fingerprint density at radius 1 is 1.07 bits per heavy atom. The topological polar surface area (TPSA) is 58.6 Å². The number of nitrogens with one attached hydrogen (secondary N) is 1. The molecule has 0 aliphatic heterocycles. The molecule has 2 aromatic rings. The summed E-state index contributed by atoms with van der Waals surface area (Å²) in [6, 6.07) is 10.5. The Kier molecular flexibility index (Phi) is 7.31. The first-order valence-corrected chi connectivity index (χ1v) is 9.30. The minimum atomic E-state index is -0.849. The van der Waals surface area contributed by atoms with Gasteiger partial charge in [-0.15, -0.1) is 0 Å². The maximum Gasteiger partial charge on any atom is 0.261 e. The predicted molar refractivity (Wildman–Crippen MR) is 106 cm³/mol. The van der Waals surface area contributed by atoms with E-state index in [1.807, 2.05) is 20.8 Å². The van der Waals surface area contributed by atoms with Gasteiger partial charge in [0.2, 0.25) is 5.91 Å². The van der Waals surface area contributed by atoms with Crippen molar-refractivity contribution in [3.05, 3.63) is 65.7 Å². The van der Waals surface area contributed by atoms with Crippen molar-refractivity contribution < 1.29 is 23.1 Å². The van der Waals surface area contributed by atoms with Gasteiger partial charge in [0.05, 0.1) is 0 Å². The second-order valence-electron chi connectivity index (χ2n) is 7.77. The molecule has 0 aliphatic rings. The van der Waals surface area contributed by atoms with Crippen molar-refractivity contribution in [3.63, 3.8) is 0 Å². The summed E-state index contributed by atoms with van der Waals surface area (Å²) in [7, 11) is 0. The first-order chi connectivity index (χ1) is 13.6. The molecule has 1 N–H and O–H groups in total. The molecule has 0 aliphatic carbocycles. The van der Waals surface area contributed by atoms with E-state index in [4.69, 9.17) is 4.74 Å². The Hall–Kier alpha value is -2.96. The zero-order valence-corrected chi connectivity index (χ0v) is 17.0. The van der Waals surface area contributed by atoms with E-state index in [0.717, 1.165) is 0 Å². The van der Waals surface area contributed by atoms with Crippen LogP contribution in [0.3, 0.4) is 0 Å². The molecular formula is C22H26F2N2O3. The van der Waals surface area contributed by atoms with E-state index in [1.54, 1.807) is 25.1 Å². The van der Waals surface area contributed by atoms with Gasteiger partial charge < -0.3 is 15.0 Å². The summed E-state index contributed by atoms with van der Waals surface area (Å²) in [5.41, 5.74) is -0.194. The van der Waals surface area contributed by atoms with Crippen molar-refractivity contribution >= 4 is 11.8 Å². The van der Waals surface area contributed by atoms with E-state index >= 15 is 0 Å². The van der Waals surface area contributed by atoms with Gasteiger partial charge in [-0.25, -0.2) is 8.78 Å². The first-order valence-electron chi connectivity index (χ1n) is 9.30. The molecule has 0 bridgehead atoms. The highest BCUT2D eigenvalue weighted by atomic mass is 19.1. The van der Waals surface area contributed by atoms with Crippen LogP contribution in [0.15, 0.2) is 48.5 Å². The number of halogens is 2. The smallest absolute Gasteiger partial charge is 0.261 e. The molecular weight excluding hydrogens is 378 g/mol. The molecule has 29 heavy (non-hydrogen) atoms. The Bertz CT molecular complexity index is 848. The number of amides is 2. The standard InChI is InChI=1S/C22H26F2N2O3/c1-15(21(28)25-22(2,3)4)26(13-16-7-5-6-8-19(16)24)20(27)14-29-18-11-9-17(23)10-12-18/h5-12,15H,13-14H2,1-4H3,(H,25,28). The highest BCUT2D eigenvalue weighted by molar-refractivity contribution is 5.88. The number of rotatable bonds is 7. The minimum Gasteiger partial charge on any atom is -0.484 e. The van der Waals surface area contributed by atoms with Crippen molar-refractivity contribution in [1.82, 2.24) is 10.2 Å². The summed E-state index contributed by atoms with van der Waals surface area (Å²) in [6.07, 6.45) is 0. The van der Waals surface area contributed by atoms with Crippen LogP contribution >= 0.6 is 0 Å². The molecule has 5 nitrogen and oxygen atoms in total. The summed E-state index contributed by atoms with van der Waals surface area (Å²) in [4.78, 5) is 26.7. The van der Waals surface area contributed by atoms with Gasteiger partial charge >= 0.3 is 0 Å². The van der Waals surface area contributed by atoms with Crippen LogP contribution < -0.4 is 10.1 Å². The van der Waals surface area contributed by atoms with E-state index in [9.17, 15) is 18.4 Å². The van der Waals surface area contributed by atoms with Gasteiger partial charge in [0.25, 0.3) is 5.91 Å². The summed E-state index contributed by atoms with van der Waals surface area (Å²) < 4.78 is 32.6. The molecule has 7 heteroatoms. The molecule has 0 heterocycles. The average Bonchev–Trinajstić information content (AvgIpc) is 2.65. The fourth-order valence-electron chi connectivity index (χ4n) is 2.63. The van der Waals surface area contributed by atoms with Gasteiger partial charge in [-0.05, 0) is 58.0 Å². The van der Waals surface area contributed by atoms with Crippen molar-refractivity contribution in [2.45, 2.75) is 45.8 Å². The van der Waals surface area contributed by atoms with Gasteiger partial charge in [-0.3, -0.25) is 9.59 Å². The van der Waals surface area contributed by atoms with Crippen LogP contribution in [0.5, 0.6) is 5.75 Å². The molecule has 1 unspecified atom stereocenters. The molecule has 2 amide bonds. The van der Waals surface area contributed by atoms with E-state index < -0.39 is 29.1 Å². The van der Waals surface area contributed by atoms with Gasteiger partial charge in [-0.1, -0.05) is 18.2 Å². The number of ether oxygens (including phenoxy) is 1. The lowest BCUT2D eigenvalue weighted by Crippen LogP contribution is -2.53. The Morgan fingerprint density at radius 2 is 1.69 bits per heavy atom. The van der Waals surface area contributed by atoms with Crippen LogP contribution in [-0.2, 0) is 16.1 Å². The number of benzene rings is 2. The lowest BCUT2D eigenvalue weighted by Gasteiger charge is -2.31. The fraction of sp³-hybridized carbons (Fsp3) is 0.364.